The number of unbranched alkanes of at least 4 members (excludes halogenated alkanes) is 52. The molecule has 0 heterocycles. The molecule has 0 aromatic heterocycles. The Morgan fingerprint density at radius 2 is 0.617 bits per heavy atom. The lowest BCUT2D eigenvalue weighted by atomic mass is 10.0. The number of aliphatic hydroxyl groups excluding tert-OH is 2. The second kappa shape index (κ2) is 70.6. The molecular formula is C75H143NO5. The Bertz CT molecular complexity index is 1310. The summed E-state index contributed by atoms with van der Waals surface area (Å²) in [4.78, 5) is 24.5. The van der Waals surface area contributed by atoms with E-state index in [2.05, 4.69) is 55.6 Å². The molecule has 0 aromatic carbocycles. The second-order valence-corrected chi connectivity index (χ2v) is 25.3. The molecule has 2 unspecified atom stereocenters. The summed E-state index contributed by atoms with van der Waals surface area (Å²) in [6, 6.07) is -0.536. The van der Waals surface area contributed by atoms with Crippen LogP contribution in [0, 0.1) is 0 Å². The number of carbonyl (C=O) groups is 2. The molecule has 0 saturated heterocycles. The molecule has 0 rings (SSSR count). The summed E-state index contributed by atoms with van der Waals surface area (Å²) >= 11 is 0. The summed E-state index contributed by atoms with van der Waals surface area (Å²) < 4.78 is 5.50. The van der Waals surface area contributed by atoms with Crippen molar-refractivity contribution in [2.45, 2.75) is 418 Å². The Hall–Kier alpha value is -1.92. The number of hydrogen-bond donors (Lipinski definition) is 3. The average molecular weight is 1140 g/mol. The van der Waals surface area contributed by atoms with Gasteiger partial charge in [-0.15, -0.1) is 0 Å². The predicted octanol–water partition coefficient (Wildman–Crippen LogP) is 23.9. The minimum absolute atomic E-state index is 0.0140. The van der Waals surface area contributed by atoms with E-state index in [-0.39, 0.29) is 18.5 Å². The Morgan fingerprint density at radius 1 is 0.346 bits per heavy atom. The van der Waals surface area contributed by atoms with Crippen molar-refractivity contribution in [3.8, 4) is 0 Å². The molecule has 0 bridgehead atoms. The van der Waals surface area contributed by atoms with Gasteiger partial charge in [-0.05, 0) is 83.5 Å². The van der Waals surface area contributed by atoms with Crippen LogP contribution in [0.1, 0.15) is 406 Å². The van der Waals surface area contributed by atoms with Gasteiger partial charge in [0.25, 0.3) is 0 Å². The summed E-state index contributed by atoms with van der Waals surface area (Å²) in [5, 5.41) is 23.2. The number of nitrogens with one attached hydrogen (secondary N) is 1. The van der Waals surface area contributed by atoms with Crippen LogP contribution < -0.4 is 5.32 Å². The molecule has 3 N–H and O–H groups in total. The largest absolute Gasteiger partial charge is 0.466 e. The van der Waals surface area contributed by atoms with Crippen molar-refractivity contribution in [3.05, 3.63) is 36.5 Å². The number of rotatable bonds is 69. The fraction of sp³-hybridized carbons (Fsp3) is 0.893. The standard InChI is InChI=1S/C75H143NO5/c1-3-5-7-9-11-13-15-16-17-39-43-46-49-53-57-61-65-69-75(80)81-70-66-62-58-54-50-47-44-41-38-36-34-32-30-28-26-24-22-20-18-19-21-23-25-27-29-31-33-35-37-40-42-45-48-52-56-60-64-68-74(79)76-72(71-77)73(78)67-63-59-55-51-14-12-10-8-6-4-2/h11,13,16-18,20,72-73,77-78H,3-10,12,14-15,19,21-71H2,1-2H3,(H,76,79)/b13-11-,17-16-,20-18-. The van der Waals surface area contributed by atoms with Gasteiger partial charge in [-0.25, -0.2) is 0 Å². The molecule has 0 aromatic rings. The zero-order valence-electron chi connectivity index (χ0n) is 54.8. The topological polar surface area (TPSA) is 95.9 Å². The van der Waals surface area contributed by atoms with E-state index in [1.165, 1.54) is 321 Å². The lowest BCUT2D eigenvalue weighted by Crippen LogP contribution is -2.45. The smallest absolute Gasteiger partial charge is 0.305 e. The van der Waals surface area contributed by atoms with Crippen LogP contribution in [0.3, 0.4) is 0 Å². The SMILES string of the molecule is CCCCC/C=C\C/C=C\CCCCCCCCCC(=O)OCCCCCCCCCCCCCCCCCC/C=C\CCCCCCCCCCCCCCCCCCCC(=O)NC(CO)C(O)CCCCCCCCCCCC. The molecule has 478 valence electrons. The van der Waals surface area contributed by atoms with E-state index >= 15 is 0 Å². The number of aliphatic hydroxyl groups is 2. The number of allylic oxidation sites excluding steroid dienone is 6. The van der Waals surface area contributed by atoms with Gasteiger partial charge in [-0.2, -0.15) is 0 Å². The van der Waals surface area contributed by atoms with E-state index in [4.69, 9.17) is 4.74 Å². The van der Waals surface area contributed by atoms with Crippen LogP contribution in [0.2, 0.25) is 0 Å². The van der Waals surface area contributed by atoms with Crippen LogP contribution in [-0.2, 0) is 14.3 Å². The van der Waals surface area contributed by atoms with Crippen molar-refractivity contribution >= 4 is 11.9 Å². The Balaban J connectivity index is 3.30. The lowest BCUT2D eigenvalue weighted by Gasteiger charge is -2.22. The number of hydrogen-bond acceptors (Lipinski definition) is 5. The van der Waals surface area contributed by atoms with E-state index in [0.717, 1.165) is 51.4 Å². The van der Waals surface area contributed by atoms with Crippen LogP contribution in [0.25, 0.3) is 0 Å². The maximum Gasteiger partial charge on any atom is 0.305 e. The van der Waals surface area contributed by atoms with Gasteiger partial charge in [0.2, 0.25) is 5.91 Å². The molecule has 0 fully saturated rings. The maximum atomic E-state index is 12.5. The highest BCUT2D eigenvalue weighted by atomic mass is 16.5. The van der Waals surface area contributed by atoms with Crippen LogP contribution in [0.15, 0.2) is 36.5 Å². The third-order valence-electron chi connectivity index (χ3n) is 17.2. The summed E-state index contributed by atoms with van der Waals surface area (Å²) in [6.07, 6.45) is 90.9. The van der Waals surface area contributed by atoms with Crippen molar-refractivity contribution in [1.82, 2.24) is 5.32 Å². The molecule has 0 aliphatic rings. The molecule has 1 amide bonds. The molecule has 0 aliphatic carbocycles. The average Bonchev–Trinajstić information content (AvgIpc) is 3.47. The first-order valence-corrected chi connectivity index (χ1v) is 36.7. The van der Waals surface area contributed by atoms with E-state index in [9.17, 15) is 19.8 Å². The van der Waals surface area contributed by atoms with E-state index in [1.807, 2.05) is 0 Å². The molecule has 6 nitrogen and oxygen atoms in total. The second-order valence-electron chi connectivity index (χ2n) is 25.3. The summed E-state index contributed by atoms with van der Waals surface area (Å²) in [5.74, 6) is -0.0170. The molecule has 0 spiro atoms. The van der Waals surface area contributed by atoms with Crippen molar-refractivity contribution < 1.29 is 24.5 Å². The normalized spacial score (nSPS) is 12.7. The lowest BCUT2D eigenvalue weighted by molar-refractivity contribution is -0.143. The van der Waals surface area contributed by atoms with Crippen molar-refractivity contribution in [2.75, 3.05) is 13.2 Å². The molecular weight excluding hydrogens is 995 g/mol. The zero-order valence-corrected chi connectivity index (χ0v) is 54.8. The van der Waals surface area contributed by atoms with Crippen LogP contribution in [0.5, 0.6) is 0 Å². The monoisotopic (exact) mass is 1140 g/mol. The minimum Gasteiger partial charge on any atom is -0.466 e. The molecule has 0 saturated carbocycles. The van der Waals surface area contributed by atoms with Gasteiger partial charge in [0, 0.05) is 12.8 Å². The number of ether oxygens (including phenoxy) is 1. The van der Waals surface area contributed by atoms with E-state index < -0.39 is 12.1 Å². The van der Waals surface area contributed by atoms with Crippen molar-refractivity contribution in [3.63, 3.8) is 0 Å². The Kier molecular flexibility index (Phi) is 68.9. The summed E-state index contributed by atoms with van der Waals surface area (Å²) in [6.45, 7) is 4.94. The van der Waals surface area contributed by atoms with Gasteiger partial charge in [0.05, 0.1) is 25.4 Å². The number of carbonyl (C=O) groups excluding carboxylic acids is 2. The fourth-order valence-corrected chi connectivity index (χ4v) is 11.6. The van der Waals surface area contributed by atoms with Gasteiger partial charge in [0.1, 0.15) is 0 Å². The zero-order chi connectivity index (χ0) is 58.5. The van der Waals surface area contributed by atoms with Crippen LogP contribution in [-0.4, -0.2) is 47.4 Å². The number of esters is 1. The molecule has 6 heteroatoms. The van der Waals surface area contributed by atoms with Crippen LogP contribution in [0.4, 0.5) is 0 Å². The van der Waals surface area contributed by atoms with Crippen LogP contribution >= 0.6 is 0 Å². The first-order chi connectivity index (χ1) is 40.0. The Labute approximate surface area is 506 Å². The molecule has 2 atom stereocenters. The first kappa shape index (κ1) is 79.1. The van der Waals surface area contributed by atoms with Gasteiger partial charge >= 0.3 is 5.97 Å². The highest BCUT2D eigenvalue weighted by molar-refractivity contribution is 5.76. The van der Waals surface area contributed by atoms with Gasteiger partial charge < -0.3 is 20.3 Å². The Morgan fingerprint density at radius 3 is 0.975 bits per heavy atom. The van der Waals surface area contributed by atoms with E-state index in [1.54, 1.807) is 0 Å². The molecule has 0 radical (unpaired) electrons. The third kappa shape index (κ3) is 67.1. The van der Waals surface area contributed by atoms with Gasteiger partial charge in [-0.1, -0.05) is 346 Å². The quantitative estimate of drug-likeness (QED) is 0.0320. The third-order valence-corrected chi connectivity index (χ3v) is 17.2. The molecule has 0 aliphatic heterocycles. The highest BCUT2D eigenvalue weighted by Gasteiger charge is 2.20. The van der Waals surface area contributed by atoms with E-state index in [0.29, 0.717) is 25.9 Å². The predicted molar refractivity (Wildman–Crippen MR) is 356 cm³/mol. The molecule has 81 heavy (non-hydrogen) atoms. The van der Waals surface area contributed by atoms with Gasteiger partial charge in [-0.3, -0.25) is 9.59 Å². The van der Waals surface area contributed by atoms with Crippen molar-refractivity contribution in [2.24, 2.45) is 0 Å². The van der Waals surface area contributed by atoms with Crippen molar-refractivity contribution in [1.29, 1.82) is 0 Å². The minimum atomic E-state index is -0.659. The fourth-order valence-electron chi connectivity index (χ4n) is 11.6. The number of amides is 1. The highest BCUT2D eigenvalue weighted by Crippen LogP contribution is 2.19. The summed E-state index contributed by atoms with van der Waals surface area (Å²) in [7, 11) is 0. The van der Waals surface area contributed by atoms with Gasteiger partial charge in [0.15, 0.2) is 0 Å². The summed E-state index contributed by atoms with van der Waals surface area (Å²) in [5.41, 5.74) is 0. The maximum absolute atomic E-state index is 12.5. The first-order valence-electron chi connectivity index (χ1n) is 36.7.